The largest absolute Gasteiger partial charge is 0.327 e. The van der Waals surface area contributed by atoms with Gasteiger partial charge in [-0.3, -0.25) is 9.69 Å². The molecule has 1 aliphatic rings. The van der Waals surface area contributed by atoms with Crippen LogP contribution in [0.25, 0.3) is 6.08 Å². The van der Waals surface area contributed by atoms with Gasteiger partial charge in [0.2, 0.25) is 0 Å². The Kier molecular flexibility index (Phi) is 4.46. The smallest absolute Gasteiger partial charge is 0.281 e. The van der Waals surface area contributed by atoms with Crippen LogP contribution in [0.1, 0.15) is 18.1 Å². The van der Waals surface area contributed by atoms with Crippen LogP contribution in [0, 0.1) is 0 Å². The van der Waals surface area contributed by atoms with Gasteiger partial charge in [0, 0.05) is 5.02 Å². The van der Waals surface area contributed by atoms with Gasteiger partial charge in [0.05, 0.1) is 5.69 Å². The van der Waals surface area contributed by atoms with Crippen molar-refractivity contribution in [1.29, 1.82) is 0 Å². The van der Waals surface area contributed by atoms with Crippen LogP contribution in [0.5, 0.6) is 0 Å². The molecule has 0 atom stereocenters. The lowest BCUT2D eigenvalue weighted by molar-refractivity contribution is -0.113. The standard InChI is InChI=1S/C18H15ClN2OS/c1-2-12-5-4-8-15(10-12)21-17(22)16(20-18(21)23)11-13-6-3-7-14(19)9-13/h3-11H,2H2,1H3,(H,20,23)/b16-11+. The number of rotatable bonds is 3. The van der Waals surface area contributed by atoms with Gasteiger partial charge in [0.1, 0.15) is 5.70 Å². The summed E-state index contributed by atoms with van der Waals surface area (Å²) in [7, 11) is 0. The Morgan fingerprint density at radius 3 is 2.74 bits per heavy atom. The lowest BCUT2D eigenvalue weighted by Gasteiger charge is -2.14. The molecule has 0 spiro atoms. The first-order chi connectivity index (χ1) is 11.1. The SMILES string of the molecule is CCc1cccc(N2C(=O)/C(=C\c3cccc(Cl)c3)NC2=S)c1. The Labute approximate surface area is 145 Å². The second-order valence-corrected chi connectivity index (χ2v) is 6.03. The van der Waals surface area contributed by atoms with Crippen molar-refractivity contribution in [2.24, 2.45) is 0 Å². The van der Waals surface area contributed by atoms with Gasteiger partial charge >= 0.3 is 0 Å². The normalized spacial score (nSPS) is 16.1. The fourth-order valence-corrected chi connectivity index (χ4v) is 2.95. The quantitative estimate of drug-likeness (QED) is 0.671. The van der Waals surface area contributed by atoms with E-state index in [2.05, 4.69) is 12.2 Å². The molecule has 3 rings (SSSR count). The maximum Gasteiger partial charge on any atom is 0.281 e. The highest BCUT2D eigenvalue weighted by molar-refractivity contribution is 7.80. The molecule has 1 fully saturated rings. The lowest BCUT2D eigenvalue weighted by atomic mass is 10.1. The molecule has 0 saturated carbocycles. The molecule has 1 aliphatic heterocycles. The topological polar surface area (TPSA) is 32.3 Å². The minimum atomic E-state index is -0.164. The Morgan fingerprint density at radius 1 is 1.22 bits per heavy atom. The van der Waals surface area contributed by atoms with Gasteiger partial charge in [-0.1, -0.05) is 42.8 Å². The minimum Gasteiger partial charge on any atom is -0.327 e. The van der Waals surface area contributed by atoms with E-state index in [1.807, 2.05) is 36.4 Å². The summed E-state index contributed by atoms with van der Waals surface area (Å²) in [5, 5.41) is 3.99. The van der Waals surface area contributed by atoms with Crippen LogP contribution < -0.4 is 10.2 Å². The van der Waals surface area contributed by atoms with Crippen LogP contribution in [0.15, 0.2) is 54.2 Å². The van der Waals surface area contributed by atoms with E-state index in [0.717, 1.165) is 23.2 Å². The summed E-state index contributed by atoms with van der Waals surface area (Å²) < 4.78 is 0. The summed E-state index contributed by atoms with van der Waals surface area (Å²) in [6, 6.07) is 15.1. The highest BCUT2D eigenvalue weighted by atomic mass is 35.5. The molecule has 23 heavy (non-hydrogen) atoms. The predicted molar refractivity (Wildman–Crippen MR) is 98.5 cm³/mol. The minimum absolute atomic E-state index is 0.164. The number of amides is 1. The van der Waals surface area contributed by atoms with Crippen LogP contribution in [0.2, 0.25) is 5.02 Å². The molecule has 2 aromatic carbocycles. The summed E-state index contributed by atoms with van der Waals surface area (Å²) in [5.74, 6) is -0.164. The maximum atomic E-state index is 12.7. The van der Waals surface area contributed by atoms with Crippen molar-refractivity contribution in [2.45, 2.75) is 13.3 Å². The van der Waals surface area contributed by atoms with Gasteiger partial charge in [-0.15, -0.1) is 0 Å². The third kappa shape index (κ3) is 3.28. The van der Waals surface area contributed by atoms with Crippen molar-refractivity contribution >= 4 is 46.6 Å². The number of carbonyl (C=O) groups is 1. The summed E-state index contributed by atoms with van der Waals surface area (Å²) in [6.07, 6.45) is 2.66. The average Bonchev–Trinajstić information content (AvgIpc) is 2.81. The van der Waals surface area contributed by atoms with E-state index in [0.29, 0.717) is 15.8 Å². The molecule has 0 bridgehead atoms. The van der Waals surface area contributed by atoms with E-state index in [-0.39, 0.29) is 5.91 Å². The zero-order valence-corrected chi connectivity index (χ0v) is 14.1. The Morgan fingerprint density at radius 2 is 2.00 bits per heavy atom. The van der Waals surface area contributed by atoms with Crippen molar-refractivity contribution in [2.75, 3.05) is 4.90 Å². The molecule has 1 heterocycles. The van der Waals surface area contributed by atoms with Gasteiger partial charge in [-0.2, -0.15) is 0 Å². The predicted octanol–water partition coefficient (Wildman–Crippen LogP) is 4.16. The van der Waals surface area contributed by atoms with E-state index >= 15 is 0 Å². The van der Waals surface area contributed by atoms with E-state index in [1.165, 1.54) is 4.90 Å². The van der Waals surface area contributed by atoms with Gasteiger partial charge in [-0.05, 0) is 60.1 Å². The zero-order valence-electron chi connectivity index (χ0n) is 12.5. The number of halogens is 1. The fraction of sp³-hybridized carbons (Fsp3) is 0.111. The summed E-state index contributed by atoms with van der Waals surface area (Å²) >= 11 is 11.3. The number of hydrogen-bond donors (Lipinski definition) is 1. The number of benzene rings is 2. The van der Waals surface area contributed by atoms with Gasteiger partial charge in [-0.25, -0.2) is 0 Å². The van der Waals surface area contributed by atoms with Crippen LogP contribution in [-0.4, -0.2) is 11.0 Å². The van der Waals surface area contributed by atoms with E-state index < -0.39 is 0 Å². The average molecular weight is 343 g/mol. The van der Waals surface area contributed by atoms with Crippen LogP contribution in [0.4, 0.5) is 5.69 Å². The van der Waals surface area contributed by atoms with Crippen molar-refractivity contribution in [3.05, 3.63) is 70.4 Å². The van der Waals surface area contributed by atoms with Crippen molar-refractivity contribution in [3.8, 4) is 0 Å². The first-order valence-corrected chi connectivity index (χ1v) is 8.09. The third-order valence-corrected chi connectivity index (χ3v) is 4.13. The van der Waals surface area contributed by atoms with Crippen LogP contribution in [-0.2, 0) is 11.2 Å². The maximum absolute atomic E-state index is 12.7. The molecule has 2 aromatic rings. The van der Waals surface area contributed by atoms with E-state index in [1.54, 1.807) is 18.2 Å². The lowest BCUT2D eigenvalue weighted by Crippen LogP contribution is -2.30. The molecule has 0 radical (unpaired) electrons. The summed E-state index contributed by atoms with van der Waals surface area (Å²) in [5.41, 5.74) is 3.23. The molecule has 1 N–H and O–H groups in total. The van der Waals surface area contributed by atoms with Crippen molar-refractivity contribution in [3.63, 3.8) is 0 Å². The van der Waals surface area contributed by atoms with Gasteiger partial charge in [0.25, 0.3) is 5.91 Å². The monoisotopic (exact) mass is 342 g/mol. The summed E-state index contributed by atoms with van der Waals surface area (Å²) in [4.78, 5) is 14.2. The second kappa shape index (κ2) is 6.52. The Balaban J connectivity index is 1.93. The highest BCUT2D eigenvalue weighted by Crippen LogP contribution is 2.24. The molecule has 116 valence electrons. The third-order valence-electron chi connectivity index (χ3n) is 3.61. The Bertz CT molecular complexity index is 816. The molecular weight excluding hydrogens is 328 g/mol. The first kappa shape index (κ1) is 15.7. The van der Waals surface area contributed by atoms with E-state index in [4.69, 9.17) is 23.8 Å². The van der Waals surface area contributed by atoms with Crippen LogP contribution >= 0.6 is 23.8 Å². The molecular formula is C18H15ClN2OS. The van der Waals surface area contributed by atoms with E-state index in [9.17, 15) is 4.79 Å². The number of nitrogens with zero attached hydrogens (tertiary/aromatic N) is 1. The molecule has 3 nitrogen and oxygen atoms in total. The number of anilines is 1. The summed E-state index contributed by atoms with van der Waals surface area (Å²) in [6.45, 7) is 2.08. The fourth-order valence-electron chi connectivity index (χ4n) is 2.45. The highest BCUT2D eigenvalue weighted by Gasteiger charge is 2.31. The number of thiocarbonyl (C=S) groups is 1. The molecule has 0 unspecified atom stereocenters. The van der Waals surface area contributed by atoms with Crippen LogP contribution in [0.3, 0.4) is 0 Å². The molecule has 1 amide bonds. The first-order valence-electron chi connectivity index (χ1n) is 7.30. The molecule has 5 heteroatoms. The van der Waals surface area contributed by atoms with Crippen molar-refractivity contribution in [1.82, 2.24) is 5.32 Å². The second-order valence-electron chi connectivity index (χ2n) is 5.21. The number of carbonyl (C=O) groups excluding carboxylic acids is 1. The van der Waals surface area contributed by atoms with Crippen molar-refractivity contribution < 1.29 is 4.79 Å². The molecule has 0 aromatic heterocycles. The number of aryl methyl sites for hydroxylation is 1. The number of nitrogens with one attached hydrogen (secondary N) is 1. The zero-order chi connectivity index (χ0) is 16.4. The molecule has 1 saturated heterocycles. The molecule has 0 aliphatic carbocycles. The number of hydrogen-bond acceptors (Lipinski definition) is 2. The van der Waals surface area contributed by atoms with Gasteiger partial charge < -0.3 is 5.32 Å². The van der Waals surface area contributed by atoms with Gasteiger partial charge in [0.15, 0.2) is 5.11 Å². The Hall–Kier alpha value is -2.17.